The lowest BCUT2D eigenvalue weighted by atomic mass is 10.0. The van der Waals surface area contributed by atoms with Gasteiger partial charge in [-0.3, -0.25) is 0 Å². The van der Waals surface area contributed by atoms with E-state index < -0.39 is 10.2 Å². The summed E-state index contributed by atoms with van der Waals surface area (Å²) in [6, 6.07) is 0.574. The molecule has 0 spiro atoms. The van der Waals surface area contributed by atoms with Crippen LogP contribution in [0.2, 0.25) is 0 Å². The number of piperidine rings is 2. The van der Waals surface area contributed by atoms with Crippen LogP contribution in [-0.2, 0) is 10.2 Å². The van der Waals surface area contributed by atoms with Gasteiger partial charge in [-0.2, -0.15) is 17.0 Å². The second-order valence-electron chi connectivity index (χ2n) is 6.10. The van der Waals surface area contributed by atoms with Crippen LogP contribution >= 0.6 is 11.6 Å². The Kier molecular flexibility index (Phi) is 6.75. The summed E-state index contributed by atoms with van der Waals surface area (Å²) in [5, 5.41) is 0. The Hall–Kier alpha value is 0.120. The van der Waals surface area contributed by atoms with Crippen LogP contribution < -0.4 is 0 Å². The summed E-state index contributed by atoms with van der Waals surface area (Å²) in [6.45, 7) is 4.17. The Morgan fingerprint density at radius 2 is 1.71 bits per heavy atom. The van der Waals surface area contributed by atoms with Crippen molar-refractivity contribution in [2.75, 3.05) is 45.7 Å². The molecular formula is C14H28ClN3O2S. The van der Waals surface area contributed by atoms with Crippen LogP contribution in [0.1, 0.15) is 38.5 Å². The average molecular weight is 338 g/mol. The molecule has 0 aromatic heterocycles. The molecule has 2 aliphatic rings. The minimum absolute atomic E-state index is 0.497. The topological polar surface area (TPSA) is 43.9 Å². The molecule has 0 bridgehead atoms. The van der Waals surface area contributed by atoms with Crippen LogP contribution in [-0.4, -0.2) is 73.6 Å². The second kappa shape index (κ2) is 8.11. The van der Waals surface area contributed by atoms with E-state index in [9.17, 15) is 8.42 Å². The number of halogens is 1. The summed E-state index contributed by atoms with van der Waals surface area (Å²) in [4.78, 5) is 2.56. The van der Waals surface area contributed by atoms with Crippen molar-refractivity contribution in [2.24, 2.45) is 0 Å². The van der Waals surface area contributed by atoms with Crippen LogP contribution in [0.4, 0.5) is 0 Å². The first kappa shape index (κ1) is 17.5. The fourth-order valence-electron chi connectivity index (χ4n) is 3.32. The number of hydrogen-bond acceptors (Lipinski definition) is 3. The van der Waals surface area contributed by atoms with Gasteiger partial charge in [-0.15, -0.1) is 11.6 Å². The SMILES string of the molecule is CN(CCCCl)S(=O)(=O)N1CCC(N2CCCCC2)CC1. The van der Waals surface area contributed by atoms with Gasteiger partial charge in [0.05, 0.1) is 0 Å². The normalized spacial score (nSPS) is 23.8. The second-order valence-corrected chi connectivity index (χ2v) is 8.51. The zero-order valence-electron chi connectivity index (χ0n) is 13.0. The highest BCUT2D eigenvalue weighted by Gasteiger charge is 2.32. The van der Waals surface area contributed by atoms with Gasteiger partial charge in [0.15, 0.2) is 0 Å². The molecule has 0 aliphatic carbocycles. The standard InChI is InChI=1S/C14H28ClN3O2S/c1-16(9-5-8-15)21(19,20)18-12-6-14(7-13-18)17-10-3-2-4-11-17/h14H,2-13H2,1H3. The Morgan fingerprint density at radius 1 is 1.10 bits per heavy atom. The first-order chi connectivity index (χ1) is 10.1. The average Bonchev–Trinajstić information content (AvgIpc) is 2.53. The molecule has 0 atom stereocenters. The van der Waals surface area contributed by atoms with E-state index in [0.29, 0.717) is 38.0 Å². The van der Waals surface area contributed by atoms with E-state index in [1.807, 2.05) is 0 Å². The summed E-state index contributed by atoms with van der Waals surface area (Å²) < 4.78 is 28.0. The zero-order valence-corrected chi connectivity index (χ0v) is 14.6. The molecule has 0 unspecified atom stereocenters. The summed E-state index contributed by atoms with van der Waals surface area (Å²) in [6.07, 6.45) is 6.54. The van der Waals surface area contributed by atoms with E-state index in [0.717, 1.165) is 12.8 Å². The molecule has 0 aromatic carbocycles. The van der Waals surface area contributed by atoms with Crippen LogP contribution in [0.3, 0.4) is 0 Å². The monoisotopic (exact) mass is 337 g/mol. The molecule has 2 heterocycles. The van der Waals surface area contributed by atoms with Gasteiger partial charge in [0.1, 0.15) is 0 Å². The van der Waals surface area contributed by atoms with Crippen molar-refractivity contribution in [2.45, 2.75) is 44.6 Å². The summed E-state index contributed by atoms with van der Waals surface area (Å²) in [5.41, 5.74) is 0. The predicted octanol–water partition coefficient (Wildman–Crippen LogP) is 1.74. The van der Waals surface area contributed by atoms with Crippen LogP contribution in [0.15, 0.2) is 0 Å². The molecule has 7 heteroatoms. The van der Waals surface area contributed by atoms with Crippen molar-refractivity contribution in [1.29, 1.82) is 0 Å². The molecule has 2 saturated heterocycles. The third-order valence-electron chi connectivity index (χ3n) is 4.66. The maximum Gasteiger partial charge on any atom is 0.281 e. The predicted molar refractivity (Wildman–Crippen MR) is 86.9 cm³/mol. The van der Waals surface area contributed by atoms with Gasteiger partial charge in [-0.25, -0.2) is 0 Å². The molecule has 124 valence electrons. The van der Waals surface area contributed by atoms with Gasteiger partial charge in [-0.05, 0) is 45.2 Å². The van der Waals surface area contributed by atoms with E-state index in [-0.39, 0.29) is 0 Å². The summed E-state index contributed by atoms with van der Waals surface area (Å²) in [7, 11) is -1.65. The van der Waals surface area contributed by atoms with Gasteiger partial charge in [0.2, 0.25) is 0 Å². The largest absolute Gasteiger partial charge is 0.300 e. The van der Waals surface area contributed by atoms with Crippen molar-refractivity contribution >= 4 is 21.8 Å². The van der Waals surface area contributed by atoms with Gasteiger partial charge in [0, 0.05) is 38.6 Å². The number of hydrogen-bond donors (Lipinski definition) is 0. The Balaban J connectivity index is 1.84. The maximum atomic E-state index is 12.5. The molecule has 0 aromatic rings. The third-order valence-corrected chi connectivity index (χ3v) is 6.91. The molecule has 21 heavy (non-hydrogen) atoms. The fourth-order valence-corrected chi connectivity index (χ4v) is 4.86. The molecular weight excluding hydrogens is 310 g/mol. The quantitative estimate of drug-likeness (QED) is 0.693. The summed E-state index contributed by atoms with van der Waals surface area (Å²) in [5.74, 6) is 0.497. The van der Waals surface area contributed by atoms with Crippen LogP contribution in [0.5, 0.6) is 0 Å². The van der Waals surface area contributed by atoms with Crippen LogP contribution in [0.25, 0.3) is 0 Å². The van der Waals surface area contributed by atoms with E-state index in [2.05, 4.69) is 4.90 Å². The van der Waals surface area contributed by atoms with Crippen molar-refractivity contribution in [1.82, 2.24) is 13.5 Å². The lowest BCUT2D eigenvalue weighted by molar-refractivity contribution is 0.116. The number of alkyl halides is 1. The van der Waals surface area contributed by atoms with E-state index >= 15 is 0 Å². The van der Waals surface area contributed by atoms with Crippen molar-refractivity contribution in [3.05, 3.63) is 0 Å². The molecule has 2 aliphatic heterocycles. The summed E-state index contributed by atoms with van der Waals surface area (Å²) >= 11 is 5.65. The van der Waals surface area contributed by atoms with Gasteiger partial charge in [-0.1, -0.05) is 6.42 Å². The zero-order chi connectivity index (χ0) is 15.3. The number of likely N-dealkylation sites (tertiary alicyclic amines) is 1. The first-order valence-electron chi connectivity index (χ1n) is 8.07. The highest BCUT2D eigenvalue weighted by atomic mass is 35.5. The molecule has 2 rings (SSSR count). The molecule has 0 saturated carbocycles. The smallest absolute Gasteiger partial charge is 0.281 e. The fraction of sp³-hybridized carbons (Fsp3) is 1.00. The van der Waals surface area contributed by atoms with Crippen molar-refractivity contribution < 1.29 is 8.42 Å². The Labute approximate surface area is 134 Å². The molecule has 2 fully saturated rings. The minimum Gasteiger partial charge on any atom is -0.300 e. The lowest BCUT2D eigenvalue weighted by Crippen LogP contribution is -2.51. The van der Waals surface area contributed by atoms with E-state index in [1.54, 1.807) is 11.4 Å². The third kappa shape index (κ3) is 4.55. The Morgan fingerprint density at radius 3 is 2.29 bits per heavy atom. The van der Waals surface area contributed by atoms with E-state index in [1.165, 1.54) is 36.7 Å². The first-order valence-corrected chi connectivity index (χ1v) is 10.0. The minimum atomic E-state index is -3.30. The lowest BCUT2D eigenvalue weighted by Gasteiger charge is -2.40. The Bertz CT molecular complexity index is 404. The number of rotatable bonds is 6. The molecule has 0 amide bonds. The van der Waals surface area contributed by atoms with Crippen molar-refractivity contribution in [3.8, 4) is 0 Å². The highest BCUT2D eigenvalue weighted by Crippen LogP contribution is 2.23. The number of nitrogens with zero attached hydrogens (tertiary/aromatic N) is 3. The van der Waals surface area contributed by atoms with Crippen LogP contribution in [0, 0.1) is 0 Å². The molecule has 5 nitrogen and oxygen atoms in total. The van der Waals surface area contributed by atoms with E-state index in [4.69, 9.17) is 11.6 Å². The maximum absolute atomic E-state index is 12.5. The highest BCUT2D eigenvalue weighted by molar-refractivity contribution is 7.86. The van der Waals surface area contributed by atoms with Crippen molar-refractivity contribution in [3.63, 3.8) is 0 Å². The molecule has 0 radical (unpaired) electrons. The molecule has 0 N–H and O–H groups in total. The van der Waals surface area contributed by atoms with Gasteiger partial charge in [0.25, 0.3) is 10.2 Å². The van der Waals surface area contributed by atoms with Gasteiger partial charge < -0.3 is 4.90 Å². The van der Waals surface area contributed by atoms with Gasteiger partial charge >= 0.3 is 0 Å².